The molecule has 1 heterocycles. The van der Waals surface area contributed by atoms with Crippen molar-refractivity contribution in [3.8, 4) is 11.5 Å². The van der Waals surface area contributed by atoms with E-state index in [2.05, 4.69) is 0 Å². The van der Waals surface area contributed by atoms with E-state index in [9.17, 15) is 19.8 Å². The summed E-state index contributed by atoms with van der Waals surface area (Å²) in [7, 11) is 0. The maximum absolute atomic E-state index is 12.1. The molecule has 1 saturated heterocycles. The Morgan fingerprint density at radius 2 is 1.90 bits per heavy atom. The van der Waals surface area contributed by atoms with Crippen molar-refractivity contribution in [1.29, 1.82) is 0 Å². The van der Waals surface area contributed by atoms with Crippen LogP contribution in [0.25, 0.3) is 0 Å². The van der Waals surface area contributed by atoms with Crippen molar-refractivity contribution in [2.24, 2.45) is 11.7 Å². The van der Waals surface area contributed by atoms with E-state index in [1.807, 2.05) is 4.90 Å². The van der Waals surface area contributed by atoms with Crippen LogP contribution in [0.1, 0.15) is 23.2 Å². The number of likely N-dealkylation sites (tertiary alicyclic amines) is 1. The number of carbonyl (C=O) groups is 2. The predicted molar refractivity (Wildman–Crippen MR) is 72.5 cm³/mol. The van der Waals surface area contributed by atoms with Gasteiger partial charge < -0.3 is 15.9 Å². The average Bonchev–Trinajstić information content (AvgIpc) is 2.39. The van der Waals surface area contributed by atoms with Crippen LogP contribution in [-0.4, -0.2) is 46.4 Å². The summed E-state index contributed by atoms with van der Waals surface area (Å²) in [6.07, 6.45) is 1.31. The van der Waals surface area contributed by atoms with E-state index in [1.54, 1.807) is 0 Å². The molecular formula is C14H18N2O4. The van der Waals surface area contributed by atoms with Gasteiger partial charge in [0.1, 0.15) is 11.5 Å². The van der Waals surface area contributed by atoms with Gasteiger partial charge in [0.05, 0.1) is 12.1 Å². The van der Waals surface area contributed by atoms with Crippen LogP contribution in [0.15, 0.2) is 18.2 Å². The topological polar surface area (TPSA) is 104 Å². The lowest BCUT2D eigenvalue weighted by molar-refractivity contribution is -0.123. The van der Waals surface area contributed by atoms with Gasteiger partial charge in [0.2, 0.25) is 5.91 Å². The molecular weight excluding hydrogens is 260 g/mol. The highest BCUT2D eigenvalue weighted by Crippen LogP contribution is 2.24. The molecule has 0 aliphatic carbocycles. The summed E-state index contributed by atoms with van der Waals surface area (Å²) in [4.78, 5) is 25.1. The number of carbonyl (C=O) groups excluding carboxylic acids is 2. The largest absolute Gasteiger partial charge is 0.508 e. The Hall–Kier alpha value is -2.08. The highest BCUT2D eigenvalue weighted by Gasteiger charge is 2.25. The lowest BCUT2D eigenvalue weighted by Crippen LogP contribution is -2.40. The number of nitrogens with zero attached hydrogens (tertiary/aromatic N) is 1. The molecule has 0 atom stereocenters. The molecule has 0 spiro atoms. The summed E-state index contributed by atoms with van der Waals surface area (Å²) < 4.78 is 0. The standard InChI is InChI=1S/C14H18N2O4/c15-14(20)9-3-5-16(6-4-9)8-13(19)11-2-1-10(17)7-12(11)18/h1-2,7,9,17-18H,3-6,8H2,(H2,15,20). The summed E-state index contributed by atoms with van der Waals surface area (Å²) in [6, 6.07) is 3.92. The maximum atomic E-state index is 12.1. The molecule has 0 aromatic heterocycles. The normalized spacial score (nSPS) is 17.0. The predicted octanol–water partition coefficient (Wildman–Crippen LogP) is 0.478. The number of amides is 1. The van der Waals surface area contributed by atoms with Crippen molar-refractivity contribution in [2.45, 2.75) is 12.8 Å². The first-order chi connectivity index (χ1) is 9.47. The molecule has 4 N–H and O–H groups in total. The Kier molecular flexibility index (Phi) is 4.24. The number of nitrogens with two attached hydrogens (primary N) is 1. The molecule has 6 heteroatoms. The quantitative estimate of drug-likeness (QED) is 0.695. The monoisotopic (exact) mass is 278 g/mol. The number of phenolic OH excluding ortho intramolecular Hbond substituents is 2. The molecule has 20 heavy (non-hydrogen) atoms. The first-order valence-electron chi connectivity index (χ1n) is 6.54. The Morgan fingerprint density at radius 3 is 2.45 bits per heavy atom. The minimum Gasteiger partial charge on any atom is -0.508 e. The van der Waals surface area contributed by atoms with Crippen LogP contribution in [0.5, 0.6) is 11.5 Å². The lowest BCUT2D eigenvalue weighted by atomic mass is 9.96. The van der Waals surface area contributed by atoms with Gasteiger partial charge in [-0.3, -0.25) is 14.5 Å². The van der Waals surface area contributed by atoms with E-state index in [0.29, 0.717) is 25.9 Å². The van der Waals surface area contributed by atoms with Gasteiger partial charge in [-0.25, -0.2) is 0 Å². The molecule has 2 rings (SSSR count). The van der Waals surface area contributed by atoms with Gasteiger partial charge in [0.15, 0.2) is 5.78 Å². The molecule has 0 bridgehead atoms. The third kappa shape index (κ3) is 3.27. The van der Waals surface area contributed by atoms with E-state index in [0.717, 1.165) is 6.07 Å². The second-order valence-electron chi connectivity index (χ2n) is 5.08. The Balaban J connectivity index is 1.94. The van der Waals surface area contributed by atoms with E-state index < -0.39 is 0 Å². The van der Waals surface area contributed by atoms with Gasteiger partial charge in [-0.2, -0.15) is 0 Å². The second kappa shape index (κ2) is 5.92. The number of hydrogen-bond acceptors (Lipinski definition) is 5. The summed E-state index contributed by atoms with van der Waals surface area (Å²) >= 11 is 0. The van der Waals surface area contributed by atoms with Gasteiger partial charge >= 0.3 is 0 Å². The molecule has 6 nitrogen and oxygen atoms in total. The zero-order chi connectivity index (χ0) is 14.7. The number of aromatic hydroxyl groups is 2. The van der Waals surface area contributed by atoms with Crippen LogP contribution in [0.4, 0.5) is 0 Å². The van der Waals surface area contributed by atoms with Gasteiger partial charge in [-0.05, 0) is 38.1 Å². The van der Waals surface area contributed by atoms with Crippen molar-refractivity contribution >= 4 is 11.7 Å². The molecule has 1 aliphatic rings. The fraction of sp³-hybridized carbons (Fsp3) is 0.429. The van der Waals surface area contributed by atoms with Crippen molar-refractivity contribution in [3.05, 3.63) is 23.8 Å². The van der Waals surface area contributed by atoms with E-state index in [4.69, 9.17) is 5.73 Å². The smallest absolute Gasteiger partial charge is 0.220 e. The number of primary amides is 1. The fourth-order valence-corrected chi connectivity index (χ4v) is 2.42. The van der Waals surface area contributed by atoms with Crippen LogP contribution < -0.4 is 5.73 Å². The molecule has 1 aliphatic heterocycles. The Morgan fingerprint density at radius 1 is 1.25 bits per heavy atom. The molecule has 0 radical (unpaired) electrons. The van der Waals surface area contributed by atoms with Gasteiger partial charge in [-0.1, -0.05) is 0 Å². The van der Waals surface area contributed by atoms with E-state index in [-0.39, 0.29) is 41.2 Å². The van der Waals surface area contributed by atoms with E-state index >= 15 is 0 Å². The fourth-order valence-electron chi connectivity index (χ4n) is 2.42. The number of Topliss-reactive ketones (excluding diaryl/α,β-unsaturated/α-hetero) is 1. The van der Waals surface area contributed by atoms with Crippen molar-refractivity contribution in [2.75, 3.05) is 19.6 Å². The summed E-state index contributed by atoms with van der Waals surface area (Å²) in [5.41, 5.74) is 5.45. The third-order valence-corrected chi connectivity index (χ3v) is 3.64. The number of ketones is 1. The average molecular weight is 278 g/mol. The first kappa shape index (κ1) is 14.3. The highest BCUT2D eigenvalue weighted by molar-refractivity contribution is 6.00. The SMILES string of the molecule is NC(=O)C1CCN(CC(=O)c2ccc(O)cc2O)CC1. The molecule has 1 aromatic carbocycles. The van der Waals surface area contributed by atoms with Gasteiger partial charge in [-0.15, -0.1) is 0 Å². The summed E-state index contributed by atoms with van der Waals surface area (Å²) in [5, 5.41) is 18.8. The maximum Gasteiger partial charge on any atom is 0.220 e. The van der Waals surface area contributed by atoms with Crippen molar-refractivity contribution < 1.29 is 19.8 Å². The molecule has 1 aromatic rings. The number of hydrogen-bond donors (Lipinski definition) is 3. The molecule has 0 saturated carbocycles. The number of benzene rings is 1. The number of piperidine rings is 1. The first-order valence-corrected chi connectivity index (χ1v) is 6.54. The van der Waals surface area contributed by atoms with Crippen molar-refractivity contribution in [3.63, 3.8) is 0 Å². The molecule has 1 fully saturated rings. The van der Waals surface area contributed by atoms with Crippen LogP contribution >= 0.6 is 0 Å². The van der Waals surface area contributed by atoms with Crippen molar-refractivity contribution in [1.82, 2.24) is 4.90 Å². The van der Waals surface area contributed by atoms with Gasteiger partial charge in [0, 0.05) is 12.0 Å². The molecule has 1 amide bonds. The number of rotatable bonds is 4. The summed E-state index contributed by atoms with van der Waals surface area (Å²) in [6.45, 7) is 1.46. The minimum atomic E-state index is -0.285. The third-order valence-electron chi connectivity index (χ3n) is 3.64. The lowest BCUT2D eigenvalue weighted by Gasteiger charge is -2.29. The van der Waals surface area contributed by atoms with Crippen LogP contribution in [0.3, 0.4) is 0 Å². The minimum absolute atomic E-state index is 0.0821. The molecule has 108 valence electrons. The zero-order valence-electron chi connectivity index (χ0n) is 11.1. The summed E-state index contributed by atoms with van der Waals surface area (Å²) in [5.74, 6) is -0.904. The van der Waals surface area contributed by atoms with Crippen LogP contribution in [0, 0.1) is 5.92 Å². The van der Waals surface area contributed by atoms with Crippen LogP contribution in [0.2, 0.25) is 0 Å². The molecule has 0 unspecified atom stereocenters. The van der Waals surface area contributed by atoms with Gasteiger partial charge in [0.25, 0.3) is 0 Å². The zero-order valence-corrected chi connectivity index (χ0v) is 11.1. The number of phenols is 2. The highest BCUT2D eigenvalue weighted by atomic mass is 16.3. The Bertz CT molecular complexity index is 522. The second-order valence-corrected chi connectivity index (χ2v) is 5.08. The van der Waals surface area contributed by atoms with Crippen LogP contribution in [-0.2, 0) is 4.79 Å². The Labute approximate surface area is 116 Å². The van der Waals surface area contributed by atoms with E-state index in [1.165, 1.54) is 12.1 Å².